The third-order valence-corrected chi connectivity index (χ3v) is 4.89. The highest BCUT2D eigenvalue weighted by Gasteiger charge is 2.16. The third-order valence-electron chi connectivity index (χ3n) is 3.68. The van der Waals surface area contributed by atoms with E-state index in [4.69, 9.17) is 17.3 Å². The van der Waals surface area contributed by atoms with Crippen LogP contribution < -0.4 is 5.73 Å². The van der Waals surface area contributed by atoms with Crippen molar-refractivity contribution in [3.63, 3.8) is 0 Å². The molecule has 0 aromatic heterocycles. The van der Waals surface area contributed by atoms with Gasteiger partial charge in [0, 0.05) is 23.6 Å². The molecule has 2 aromatic carbocycles. The first-order valence-corrected chi connectivity index (χ1v) is 8.18. The summed E-state index contributed by atoms with van der Waals surface area (Å²) in [6.07, 6.45) is 1.02. The molecule has 0 aliphatic rings. The smallest absolute Gasteiger partial charge is 0.0548 e. The highest BCUT2D eigenvalue weighted by molar-refractivity contribution is 9.10. The molecule has 1 unspecified atom stereocenters. The molecule has 0 spiro atoms. The standard InChI is InChI=1S/C17H20BrClN2/c1-21(10-9-13-5-3-2-4-6-13)17(12-20)14-7-8-16(19)15(18)11-14/h2-8,11,17H,9-10,12,20H2,1H3. The molecule has 0 heterocycles. The lowest BCUT2D eigenvalue weighted by molar-refractivity contribution is 0.253. The molecule has 0 fully saturated rings. The Morgan fingerprint density at radius 1 is 1.19 bits per heavy atom. The average molecular weight is 368 g/mol. The molecule has 0 saturated carbocycles. The lowest BCUT2D eigenvalue weighted by atomic mass is 10.0. The molecule has 0 saturated heterocycles. The Kier molecular flexibility index (Phi) is 6.24. The van der Waals surface area contributed by atoms with Crippen LogP contribution in [0, 0.1) is 0 Å². The minimum absolute atomic E-state index is 0.197. The van der Waals surface area contributed by atoms with Gasteiger partial charge in [-0.25, -0.2) is 0 Å². The zero-order valence-electron chi connectivity index (χ0n) is 12.1. The van der Waals surface area contributed by atoms with E-state index in [1.165, 1.54) is 11.1 Å². The van der Waals surface area contributed by atoms with Gasteiger partial charge in [-0.3, -0.25) is 4.90 Å². The van der Waals surface area contributed by atoms with E-state index in [1.54, 1.807) is 0 Å². The number of rotatable bonds is 6. The number of likely N-dealkylation sites (N-methyl/N-ethyl adjacent to an activating group) is 1. The summed E-state index contributed by atoms with van der Waals surface area (Å²) in [5.74, 6) is 0. The molecule has 2 rings (SSSR count). The van der Waals surface area contributed by atoms with Crippen molar-refractivity contribution in [1.29, 1.82) is 0 Å². The van der Waals surface area contributed by atoms with Gasteiger partial charge in [0.25, 0.3) is 0 Å². The summed E-state index contributed by atoms with van der Waals surface area (Å²) in [6.45, 7) is 1.55. The van der Waals surface area contributed by atoms with Gasteiger partial charge in [0.05, 0.1) is 5.02 Å². The van der Waals surface area contributed by atoms with Crippen LogP contribution >= 0.6 is 27.5 Å². The van der Waals surface area contributed by atoms with Crippen molar-refractivity contribution in [2.24, 2.45) is 5.73 Å². The van der Waals surface area contributed by atoms with Crippen molar-refractivity contribution in [1.82, 2.24) is 4.90 Å². The van der Waals surface area contributed by atoms with E-state index in [0.29, 0.717) is 6.54 Å². The molecule has 1 atom stereocenters. The topological polar surface area (TPSA) is 29.3 Å². The van der Waals surface area contributed by atoms with Gasteiger partial charge < -0.3 is 5.73 Å². The molecule has 0 amide bonds. The van der Waals surface area contributed by atoms with Crippen LogP contribution in [0.15, 0.2) is 53.0 Å². The molecular weight excluding hydrogens is 348 g/mol. The molecule has 0 aliphatic carbocycles. The first kappa shape index (κ1) is 16.5. The maximum Gasteiger partial charge on any atom is 0.0548 e. The molecule has 2 aromatic rings. The van der Waals surface area contributed by atoms with E-state index in [-0.39, 0.29) is 6.04 Å². The van der Waals surface area contributed by atoms with Crippen LogP contribution in [0.5, 0.6) is 0 Å². The molecule has 2 nitrogen and oxygen atoms in total. The molecular formula is C17H20BrClN2. The van der Waals surface area contributed by atoms with E-state index in [9.17, 15) is 0 Å². The molecule has 0 bridgehead atoms. The molecule has 112 valence electrons. The van der Waals surface area contributed by atoms with Crippen LogP contribution in [0.4, 0.5) is 0 Å². The molecule has 2 N–H and O–H groups in total. The Bertz CT molecular complexity index is 574. The lowest BCUT2D eigenvalue weighted by Gasteiger charge is -2.27. The van der Waals surface area contributed by atoms with Gasteiger partial charge in [-0.15, -0.1) is 0 Å². The van der Waals surface area contributed by atoms with Gasteiger partial charge in [-0.1, -0.05) is 48.0 Å². The number of nitrogens with zero attached hydrogens (tertiary/aromatic N) is 1. The highest BCUT2D eigenvalue weighted by Crippen LogP contribution is 2.27. The second-order valence-corrected chi connectivity index (χ2v) is 6.40. The molecule has 0 radical (unpaired) electrons. The summed E-state index contributed by atoms with van der Waals surface area (Å²) in [5, 5.41) is 0.724. The number of halogens is 2. The van der Waals surface area contributed by atoms with E-state index < -0.39 is 0 Å². The van der Waals surface area contributed by atoms with Crippen molar-refractivity contribution in [3.8, 4) is 0 Å². The quantitative estimate of drug-likeness (QED) is 0.826. The zero-order chi connectivity index (χ0) is 15.2. The maximum atomic E-state index is 6.06. The molecule has 4 heteroatoms. The van der Waals surface area contributed by atoms with E-state index in [1.807, 2.05) is 18.2 Å². The Labute approximate surface area is 140 Å². The number of hydrogen-bond donors (Lipinski definition) is 1. The fourth-order valence-electron chi connectivity index (χ4n) is 2.40. The van der Waals surface area contributed by atoms with Gasteiger partial charge in [-0.2, -0.15) is 0 Å². The Morgan fingerprint density at radius 3 is 2.52 bits per heavy atom. The summed E-state index contributed by atoms with van der Waals surface area (Å²) in [6, 6.07) is 16.7. The Morgan fingerprint density at radius 2 is 1.90 bits per heavy atom. The molecule has 0 aliphatic heterocycles. The zero-order valence-corrected chi connectivity index (χ0v) is 14.4. The van der Waals surface area contributed by atoms with Gasteiger partial charge in [0.15, 0.2) is 0 Å². The van der Waals surface area contributed by atoms with Crippen LogP contribution in [0.3, 0.4) is 0 Å². The fraction of sp³-hybridized carbons (Fsp3) is 0.294. The largest absolute Gasteiger partial charge is 0.329 e. The Hall–Kier alpha value is -0.870. The summed E-state index contributed by atoms with van der Waals surface area (Å²) >= 11 is 9.53. The summed E-state index contributed by atoms with van der Waals surface area (Å²) in [4.78, 5) is 2.29. The van der Waals surface area contributed by atoms with E-state index in [2.05, 4.69) is 58.2 Å². The van der Waals surface area contributed by atoms with E-state index in [0.717, 1.165) is 22.5 Å². The first-order chi connectivity index (χ1) is 10.1. The van der Waals surface area contributed by atoms with E-state index >= 15 is 0 Å². The second-order valence-electron chi connectivity index (χ2n) is 5.14. The van der Waals surface area contributed by atoms with Crippen molar-refractivity contribution < 1.29 is 0 Å². The van der Waals surface area contributed by atoms with Gasteiger partial charge in [-0.05, 0) is 52.7 Å². The second kappa shape index (κ2) is 7.95. The van der Waals surface area contributed by atoms with Crippen LogP contribution in [0.2, 0.25) is 5.02 Å². The van der Waals surface area contributed by atoms with Crippen LogP contribution in [0.25, 0.3) is 0 Å². The Balaban J connectivity index is 2.04. The predicted molar refractivity (Wildman–Crippen MR) is 93.7 cm³/mol. The summed E-state index contributed by atoms with van der Waals surface area (Å²) in [7, 11) is 2.11. The van der Waals surface area contributed by atoms with Crippen molar-refractivity contribution >= 4 is 27.5 Å². The van der Waals surface area contributed by atoms with Gasteiger partial charge in [0.1, 0.15) is 0 Å². The normalized spacial score (nSPS) is 12.6. The number of nitrogens with two attached hydrogens (primary N) is 1. The average Bonchev–Trinajstić information content (AvgIpc) is 2.50. The monoisotopic (exact) mass is 366 g/mol. The van der Waals surface area contributed by atoms with Gasteiger partial charge in [0.2, 0.25) is 0 Å². The minimum atomic E-state index is 0.197. The number of hydrogen-bond acceptors (Lipinski definition) is 2. The first-order valence-electron chi connectivity index (χ1n) is 7.01. The number of benzene rings is 2. The lowest BCUT2D eigenvalue weighted by Crippen LogP contribution is -2.32. The molecule has 21 heavy (non-hydrogen) atoms. The predicted octanol–water partition coefficient (Wildman–Crippen LogP) is 4.28. The maximum absolute atomic E-state index is 6.06. The fourth-order valence-corrected chi connectivity index (χ4v) is 2.91. The van der Waals surface area contributed by atoms with Crippen molar-refractivity contribution in [3.05, 3.63) is 69.2 Å². The van der Waals surface area contributed by atoms with Crippen LogP contribution in [-0.2, 0) is 6.42 Å². The van der Waals surface area contributed by atoms with Crippen molar-refractivity contribution in [2.45, 2.75) is 12.5 Å². The van der Waals surface area contributed by atoms with Crippen molar-refractivity contribution in [2.75, 3.05) is 20.1 Å². The summed E-state index contributed by atoms with van der Waals surface area (Å²) in [5.41, 5.74) is 8.50. The van der Waals surface area contributed by atoms with Crippen LogP contribution in [-0.4, -0.2) is 25.0 Å². The summed E-state index contributed by atoms with van der Waals surface area (Å²) < 4.78 is 0.913. The SMILES string of the molecule is CN(CCc1ccccc1)C(CN)c1ccc(Cl)c(Br)c1. The van der Waals surface area contributed by atoms with Crippen LogP contribution in [0.1, 0.15) is 17.2 Å². The third kappa shape index (κ3) is 4.55. The minimum Gasteiger partial charge on any atom is -0.329 e. The van der Waals surface area contributed by atoms with Gasteiger partial charge >= 0.3 is 0 Å². The highest BCUT2D eigenvalue weighted by atomic mass is 79.9.